The Morgan fingerprint density at radius 3 is 2.79 bits per heavy atom. The van der Waals surface area contributed by atoms with E-state index in [1.165, 1.54) is 6.07 Å². The van der Waals surface area contributed by atoms with Gasteiger partial charge in [-0.05, 0) is 19.9 Å². The van der Waals surface area contributed by atoms with Crippen LogP contribution in [0.2, 0.25) is 0 Å². The van der Waals surface area contributed by atoms with Crippen LogP contribution < -0.4 is 5.32 Å². The van der Waals surface area contributed by atoms with Crippen molar-refractivity contribution in [1.29, 1.82) is 0 Å². The molecule has 0 bridgehead atoms. The third kappa shape index (κ3) is 2.50. The second-order valence-corrected chi connectivity index (χ2v) is 4.90. The van der Waals surface area contributed by atoms with Crippen LogP contribution in [0.4, 0.5) is 0 Å². The molecule has 1 fully saturated rings. The number of rotatable bonds is 3. The molecular weight excluding hydrogens is 252 g/mol. The lowest BCUT2D eigenvalue weighted by atomic mass is 9.98. The summed E-state index contributed by atoms with van der Waals surface area (Å²) in [7, 11) is 0. The van der Waals surface area contributed by atoms with Gasteiger partial charge in [0.2, 0.25) is 11.8 Å². The Balaban J connectivity index is 2.18. The number of imide groups is 1. The van der Waals surface area contributed by atoms with Gasteiger partial charge in [-0.1, -0.05) is 0 Å². The molecule has 1 aromatic heterocycles. The van der Waals surface area contributed by atoms with Crippen molar-refractivity contribution in [3.63, 3.8) is 0 Å². The summed E-state index contributed by atoms with van der Waals surface area (Å²) >= 11 is 0. The molecule has 0 aromatic carbocycles. The molecule has 19 heavy (non-hydrogen) atoms. The number of carboxylic acids is 1. The van der Waals surface area contributed by atoms with Crippen molar-refractivity contribution in [2.45, 2.75) is 25.9 Å². The first kappa shape index (κ1) is 13.3. The summed E-state index contributed by atoms with van der Waals surface area (Å²) in [6, 6.07) is 1.38. The topological polar surface area (TPSA) is 99.9 Å². The van der Waals surface area contributed by atoms with Crippen molar-refractivity contribution in [2.24, 2.45) is 0 Å². The minimum Gasteiger partial charge on any atom is -0.478 e. The summed E-state index contributed by atoms with van der Waals surface area (Å²) in [5.74, 6) is -1.45. The Bertz CT molecular complexity index is 546. The molecule has 0 spiro atoms. The molecule has 0 aliphatic carbocycles. The Morgan fingerprint density at radius 1 is 1.53 bits per heavy atom. The summed E-state index contributed by atoms with van der Waals surface area (Å²) in [5.41, 5.74) is -0.815. The zero-order chi connectivity index (χ0) is 14.2. The zero-order valence-electron chi connectivity index (χ0n) is 10.6. The molecule has 1 saturated heterocycles. The van der Waals surface area contributed by atoms with Gasteiger partial charge in [0, 0.05) is 0 Å². The average Bonchev–Trinajstić information content (AvgIpc) is 2.74. The second-order valence-electron chi connectivity index (χ2n) is 4.90. The smallest absolute Gasteiger partial charge is 0.338 e. The van der Waals surface area contributed by atoms with Gasteiger partial charge >= 0.3 is 5.97 Å². The largest absolute Gasteiger partial charge is 0.478 e. The predicted octanol–water partition coefficient (Wildman–Crippen LogP) is 0.215. The van der Waals surface area contributed by atoms with E-state index in [1.54, 1.807) is 18.7 Å². The lowest BCUT2D eigenvalue weighted by Gasteiger charge is -2.39. The van der Waals surface area contributed by atoms with Crippen LogP contribution in [0, 0.1) is 0 Å². The maximum atomic E-state index is 11.7. The number of piperazine rings is 1. The fraction of sp³-hybridized carbons (Fsp3) is 0.417. The number of nitrogens with one attached hydrogen (secondary N) is 1. The van der Waals surface area contributed by atoms with Crippen LogP contribution in [-0.2, 0) is 16.1 Å². The van der Waals surface area contributed by atoms with Gasteiger partial charge in [0.1, 0.15) is 12.0 Å². The molecule has 2 rings (SSSR count). The molecule has 1 aromatic rings. The molecule has 1 aliphatic rings. The van der Waals surface area contributed by atoms with E-state index in [2.05, 4.69) is 5.32 Å². The lowest BCUT2D eigenvalue weighted by Crippen LogP contribution is -2.63. The minimum absolute atomic E-state index is 0.0422. The summed E-state index contributed by atoms with van der Waals surface area (Å²) in [6.45, 7) is 3.63. The van der Waals surface area contributed by atoms with E-state index in [-0.39, 0.29) is 30.5 Å². The van der Waals surface area contributed by atoms with E-state index in [4.69, 9.17) is 9.52 Å². The van der Waals surface area contributed by atoms with Crippen molar-refractivity contribution in [1.82, 2.24) is 10.2 Å². The Kier molecular flexibility index (Phi) is 3.15. The number of carboxylic acid groups (broad SMARTS) is 1. The number of carbonyl (C=O) groups is 3. The highest BCUT2D eigenvalue weighted by molar-refractivity contribution is 6.02. The molecule has 2 amide bonds. The Morgan fingerprint density at radius 2 is 2.21 bits per heavy atom. The fourth-order valence-corrected chi connectivity index (χ4v) is 1.85. The van der Waals surface area contributed by atoms with Gasteiger partial charge in [0.25, 0.3) is 0 Å². The molecule has 0 saturated carbocycles. The van der Waals surface area contributed by atoms with Gasteiger partial charge < -0.3 is 9.52 Å². The number of hydrogen-bond acceptors (Lipinski definition) is 5. The molecule has 0 unspecified atom stereocenters. The molecule has 2 N–H and O–H groups in total. The Hall–Kier alpha value is -2.15. The standard InChI is InChI=1S/C12H14N2O5/c1-12(2)11(18)13-9(15)5-14(12)4-8-3-7(6-19-8)10(16)17/h3,6H,4-5H2,1-2H3,(H,16,17)(H,13,15,18). The number of aromatic carboxylic acids is 1. The molecular formula is C12H14N2O5. The molecule has 7 nitrogen and oxygen atoms in total. The van der Waals surface area contributed by atoms with Gasteiger partial charge in [0.05, 0.1) is 24.2 Å². The summed E-state index contributed by atoms with van der Waals surface area (Å²) < 4.78 is 5.13. The molecule has 7 heteroatoms. The number of nitrogens with zero attached hydrogens (tertiary/aromatic N) is 1. The maximum absolute atomic E-state index is 11.7. The van der Waals surface area contributed by atoms with Gasteiger partial charge in [0.15, 0.2) is 0 Å². The maximum Gasteiger partial charge on any atom is 0.338 e. The van der Waals surface area contributed by atoms with Crippen LogP contribution >= 0.6 is 0 Å². The highest BCUT2D eigenvalue weighted by Gasteiger charge is 2.41. The number of amides is 2. The number of carbonyl (C=O) groups excluding carboxylic acids is 2. The zero-order valence-corrected chi connectivity index (χ0v) is 10.6. The van der Waals surface area contributed by atoms with Crippen LogP contribution in [0.25, 0.3) is 0 Å². The minimum atomic E-state index is -1.08. The van der Waals surface area contributed by atoms with E-state index in [0.29, 0.717) is 5.76 Å². The van der Waals surface area contributed by atoms with Crippen molar-refractivity contribution >= 4 is 17.8 Å². The van der Waals surface area contributed by atoms with E-state index in [9.17, 15) is 14.4 Å². The van der Waals surface area contributed by atoms with Gasteiger partial charge in [-0.15, -0.1) is 0 Å². The highest BCUT2D eigenvalue weighted by Crippen LogP contribution is 2.21. The summed E-state index contributed by atoms with van der Waals surface area (Å²) in [4.78, 5) is 35.5. The van der Waals surface area contributed by atoms with E-state index < -0.39 is 11.5 Å². The first-order valence-electron chi connectivity index (χ1n) is 5.71. The quantitative estimate of drug-likeness (QED) is 0.759. The lowest BCUT2D eigenvalue weighted by molar-refractivity contribution is -0.145. The van der Waals surface area contributed by atoms with E-state index in [1.807, 2.05) is 0 Å². The first-order valence-corrected chi connectivity index (χ1v) is 5.71. The van der Waals surface area contributed by atoms with Gasteiger partial charge in [-0.3, -0.25) is 19.8 Å². The number of furan rings is 1. The van der Waals surface area contributed by atoms with Gasteiger partial charge in [-0.25, -0.2) is 4.79 Å². The third-order valence-electron chi connectivity index (χ3n) is 3.18. The van der Waals surface area contributed by atoms with Crippen LogP contribution in [0.15, 0.2) is 16.7 Å². The average molecular weight is 266 g/mol. The third-order valence-corrected chi connectivity index (χ3v) is 3.18. The number of hydrogen-bond donors (Lipinski definition) is 2. The normalized spacial score (nSPS) is 19.3. The molecule has 102 valence electrons. The Labute approximate surface area is 109 Å². The van der Waals surface area contributed by atoms with Crippen molar-refractivity contribution < 1.29 is 23.9 Å². The van der Waals surface area contributed by atoms with Crippen molar-refractivity contribution in [2.75, 3.05) is 6.54 Å². The highest BCUT2D eigenvalue weighted by atomic mass is 16.4. The van der Waals surface area contributed by atoms with E-state index in [0.717, 1.165) is 6.26 Å². The fourth-order valence-electron chi connectivity index (χ4n) is 1.85. The van der Waals surface area contributed by atoms with Crippen LogP contribution in [0.1, 0.15) is 30.0 Å². The summed E-state index contributed by atoms with van der Waals surface area (Å²) in [6.07, 6.45) is 1.14. The molecule has 0 radical (unpaired) electrons. The monoisotopic (exact) mass is 266 g/mol. The van der Waals surface area contributed by atoms with Gasteiger partial charge in [-0.2, -0.15) is 0 Å². The summed E-state index contributed by atoms with van der Waals surface area (Å²) in [5, 5.41) is 11.1. The SMILES string of the molecule is CC1(C)C(=O)NC(=O)CN1Cc1cc(C(=O)O)co1. The van der Waals surface area contributed by atoms with E-state index >= 15 is 0 Å². The molecule has 2 heterocycles. The van der Waals surface area contributed by atoms with Crippen LogP contribution in [-0.4, -0.2) is 39.9 Å². The molecule has 1 aliphatic heterocycles. The first-order chi connectivity index (χ1) is 8.80. The van der Waals surface area contributed by atoms with Crippen molar-refractivity contribution in [3.8, 4) is 0 Å². The van der Waals surface area contributed by atoms with Crippen LogP contribution in [0.5, 0.6) is 0 Å². The second kappa shape index (κ2) is 4.51. The van der Waals surface area contributed by atoms with Crippen molar-refractivity contribution in [3.05, 3.63) is 23.7 Å². The predicted molar refractivity (Wildman–Crippen MR) is 63.3 cm³/mol. The van der Waals surface area contributed by atoms with Crippen LogP contribution in [0.3, 0.4) is 0 Å². The molecule has 0 atom stereocenters.